The van der Waals surface area contributed by atoms with Gasteiger partial charge in [-0.15, -0.1) is 0 Å². The molecule has 8 nitrogen and oxygen atoms in total. The van der Waals surface area contributed by atoms with E-state index in [1.807, 2.05) is 19.9 Å². The van der Waals surface area contributed by atoms with E-state index >= 15 is 0 Å². The third-order valence-electron chi connectivity index (χ3n) is 5.35. The van der Waals surface area contributed by atoms with E-state index in [2.05, 4.69) is 29.9 Å². The van der Waals surface area contributed by atoms with Crippen molar-refractivity contribution >= 4 is 17.4 Å². The van der Waals surface area contributed by atoms with E-state index < -0.39 is 5.60 Å². The quantitative estimate of drug-likeness (QED) is 0.673. The number of fused-ring (bicyclic) bond motifs is 1. The molecule has 2 aliphatic rings. The van der Waals surface area contributed by atoms with Crippen molar-refractivity contribution in [1.82, 2.24) is 4.90 Å². The summed E-state index contributed by atoms with van der Waals surface area (Å²) in [6.45, 7) is 11.2. The smallest absolute Gasteiger partial charge is 0.338 e. The van der Waals surface area contributed by atoms with Gasteiger partial charge in [0.1, 0.15) is 24.1 Å². The minimum absolute atomic E-state index is 0.241. The Balaban J connectivity index is 1.76. The number of hydrazone groups is 1. The molecule has 0 saturated heterocycles. The molecule has 0 radical (unpaired) electrons. The Bertz CT molecular complexity index is 966. The Morgan fingerprint density at radius 3 is 2.61 bits per heavy atom. The molecule has 3 rings (SSSR count). The fourth-order valence-corrected chi connectivity index (χ4v) is 3.47. The molecule has 8 heteroatoms. The van der Waals surface area contributed by atoms with Crippen LogP contribution in [0, 0.1) is 11.3 Å². The van der Waals surface area contributed by atoms with Gasteiger partial charge < -0.3 is 20.1 Å². The fraction of sp³-hybridized carbons (Fsp3) is 0.435. The zero-order valence-corrected chi connectivity index (χ0v) is 18.5. The summed E-state index contributed by atoms with van der Waals surface area (Å²) in [6.07, 6.45) is 1.87. The molecule has 2 N–H and O–H groups in total. The first-order valence-electron chi connectivity index (χ1n) is 10.4. The summed E-state index contributed by atoms with van der Waals surface area (Å²) >= 11 is 0. The van der Waals surface area contributed by atoms with Gasteiger partial charge in [0, 0.05) is 12.1 Å². The summed E-state index contributed by atoms with van der Waals surface area (Å²) in [5.41, 5.74) is 8.58. The molecule has 0 amide bonds. The van der Waals surface area contributed by atoms with E-state index in [4.69, 9.17) is 15.2 Å². The van der Waals surface area contributed by atoms with Crippen LogP contribution in [0.1, 0.15) is 38.1 Å². The molecule has 0 atom stereocenters. The van der Waals surface area contributed by atoms with Gasteiger partial charge in [-0.3, -0.25) is 0 Å². The SMILES string of the molecule is CCN(CC)CCOC(=O)c1ccc(N2N=C3COC(C)(C)C=C3C(C#N)=C2N)cc1. The van der Waals surface area contributed by atoms with Crippen LogP contribution in [0.4, 0.5) is 5.69 Å². The van der Waals surface area contributed by atoms with Crippen LogP contribution in [0.2, 0.25) is 0 Å². The van der Waals surface area contributed by atoms with Crippen molar-refractivity contribution in [2.24, 2.45) is 10.8 Å². The lowest BCUT2D eigenvalue weighted by molar-refractivity contribution is 0.0409. The van der Waals surface area contributed by atoms with Crippen LogP contribution in [-0.4, -0.2) is 55.0 Å². The molecule has 1 aromatic rings. The highest BCUT2D eigenvalue weighted by molar-refractivity contribution is 6.08. The number of ether oxygens (including phenoxy) is 2. The summed E-state index contributed by atoms with van der Waals surface area (Å²) in [5, 5.41) is 15.8. The number of hydrogen-bond acceptors (Lipinski definition) is 8. The van der Waals surface area contributed by atoms with Gasteiger partial charge in [-0.25, -0.2) is 9.80 Å². The normalized spacial score (nSPS) is 17.6. The minimum Gasteiger partial charge on any atom is -0.461 e. The van der Waals surface area contributed by atoms with E-state index in [0.29, 0.717) is 41.3 Å². The minimum atomic E-state index is -0.494. The Morgan fingerprint density at radius 1 is 1.32 bits per heavy atom. The van der Waals surface area contributed by atoms with Crippen molar-refractivity contribution in [3.63, 3.8) is 0 Å². The third kappa shape index (κ3) is 4.95. The highest BCUT2D eigenvalue weighted by Gasteiger charge is 2.33. The van der Waals surface area contributed by atoms with Gasteiger partial charge in [0.15, 0.2) is 0 Å². The predicted octanol–water partition coefficient (Wildman–Crippen LogP) is 2.79. The second-order valence-electron chi connectivity index (χ2n) is 7.89. The molecule has 0 aromatic heterocycles. The first-order chi connectivity index (χ1) is 14.8. The summed E-state index contributed by atoms with van der Waals surface area (Å²) in [7, 11) is 0. The Morgan fingerprint density at radius 2 is 2.00 bits per heavy atom. The molecule has 0 saturated carbocycles. The second-order valence-corrected chi connectivity index (χ2v) is 7.89. The van der Waals surface area contributed by atoms with Crippen LogP contribution >= 0.6 is 0 Å². The molecule has 2 heterocycles. The lowest BCUT2D eigenvalue weighted by atomic mass is 9.92. The van der Waals surface area contributed by atoms with Gasteiger partial charge in [-0.05, 0) is 57.3 Å². The molecule has 2 aliphatic heterocycles. The van der Waals surface area contributed by atoms with Crippen molar-refractivity contribution in [2.45, 2.75) is 33.3 Å². The average molecular weight is 424 g/mol. The number of nitrogens with two attached hydrogens (primary N) is 1. The van der Waals surface area contributed by atoms with Crippen LogP contribution in [0.25, 0.3) is 0 Å². The lowest BCUT2D eigenvalue weighted by Crippen LogP contribution is -2.39. The third-order valence-corrected chi connectivity index (χ3v) is 5.35. The van der Waals surface area contributed by atoms with Gasteiger partial charge in [0.05, 0.1) is 29.2 Å². The lowest BCUT2D eigenvalue weighted by Gasteiger charge is -2.34. The zero-order chi connectivity index (χ0) is 22.6. The van der Waals surface area contributed by atoms with Gasteiger partial charge >= 0.3 is 5.97 Å². The van der Waals surface area contributed by atoms with Crippen molar-refractivity contribution < 1.29 is 14.3 Å². The topological polar surface area (TPSA) is 104 Å². The monoisotopic (exact) mass is 423 g/mol. The Kier molecular flexibility index (Phi) is 6.78. The number of carbonyl (C=O) groups excluding carboxylic acids is 1. The Hall–Kier alpha value is -3.15. The maximum Gasteiger partial charge on any atom is 0.338 e. The van der Waals surface area contributed by atoms with Gasteiger partial charge in [0.25, 0.3) is 0 Å². The average Bonchev–Trinajstić information content (AvgIpc) is 2.76. The van der Waals surface area contributed by atoms with E-state index in [1.54, 1.807) is 24.3 Å². The van der Waals surface area contributed by atoms with Gasteiger partial charge in [-0.2, -0.15) is 10.4 Å². The molecule has 0 fully saturated rings. The van der Waals surface area contributed by atoms with E-state index in [-0.39, 0.29) is 18.4 Å². The van der Waals surface area contributed by atoms with Crippen molar-refractivity contribution in [3.05, 3.63) is 52.9 Å². The summed E-state index contributed by atoms with van der Waals surface area (Å²) < 4.78 is 11.2. The van der Waals surface area contributed by atoms with Crippen LogP contribution in [0.3, 0.4) is 0 Å². The predicted molar refractivity (Wildman–Crippen MR) is 119 cm³/mol. The van der Waals surface area contributed by atoms with Crippen molar-refractivity contribution in [1.29, 1.82) is 5.26 Å². The van der Waals surface area contributed by atoms with Gasteiger partial charge in [-0.1, -0.05) is 13.8 Å². The number of esters is 1. The van der Waals surface area contributed by atoms with E-state index in [9.17, 15) is 10.1 Å². The number of benzene rings is 1. The van der Waals surface area contributed by atoms with E-state index in [0.717, 1.165) is 13.1 Å². The second kappa shape index (κ2) is 9.33. The fourth-order valence-electron chi connectivity index (χ4n) is 3.47. The first-order valence-corrected chi connectivity index (χ1v) is 10.4. The molecule has 1 aromatic carbocycles. The number of hydrogen-bond donors (Lipinski definition) is 1. The standard InChI is InChI=1S/C23H29N5O3/c1-5-27(6-2)11-12-30-22(29)16-7-9-17(10-8-16)28-21(25)19(14-24)18-13-23(3,4)31-15-20(18)26-28/h7-10,13H,5-6,11-12,15,25H2,1-4H3. The molecule has 0 bridgehead atoms. The molecule has 31 heavy (non-hydrogen) atoms. The highest BCUT2D eigenvalue weighted by atomic mass is 16.5. The molecule has 0 aliphatic carbocycles. The van der Waals surface area contributed by atoms with E-state index in [1.165, 1.54) is 5.01 Å². The maximum atomic E-state index is 12.3. The van der Waals surface area contributed by atoms with Crippen molar-refractivity contribution in [3.8, 4) is 6.07 Å². The summed E-state index contributed by atoms with van der Waals surface area (Å²) in [6, 6.07) is 8.99. The number of nitrogens with zero attached hydrogens (tertiary/aromatic N) is 4. The molecule has 164 valence electrons. The largest absolute Gasteiger partial charge is 0.461 e. The Labute approximate surface area is 183 Å². The highest BCUT2D eigenvalue weighted by Crippen LogP contribution is 2.32. The molecule has 0 unspecified atom stereocenters. The summed E-state index contributed by atoms with van der Waals surface area (Å²) in [4.78, 5) is 14.5. The van der Waals surface area contributed by atoms with Crippen LogP contribution < -0.4 is 10.7 Å². The number of rotatable bonds is 7. The number of carbonyl (C=O) groups is 1. The number of allylic oxidation sites excluding steroid dienone is 1. The number of nitriles is 1. The molecular weight excluding hydrogens is 394 g/mol. The zero-order valence-electron chi connectivity index (χ0n) is 18.5. The summed E-state index contributed by atoms with van der Waals surface area (Å²) in [5.74, 6) is -0.136. The maximum absolute atomic E-state index is 12.3. The van der Waals surface area contributed by atoms with Crippen LogP contribution in [-0.2, 0) is 9.47 Å². The molecular formula is C23H29N5O3. The van der Waals surface area contributed by atoms with Crippen molar-refractivity contribution in [2.75, 3.05) is 37.9 Å². The molecule has 0 spiro atoms. The van der Waals surface area contributed by atoms with Gasteiger partial charge in [0.2, 0.25) is 0 Å². The number of anilines is 1. The first kappa shape index (κ1) is 22.5. The number of likely N-dealkylation sites (N-methyl/N-ethyl adjacent to an activating group) is 1. The van der Waals surface area contributed by atoms with Crippen LogP contribution in [0.15, 0.2) is 52.4 Å². The van der Waals surface area contributed by atoms with Crippen LogP contribution in [0.5, 0.6) is 0 Å².